The van der Waals surface area contributed by atoms with Gasteiger partial charge in [-0.15, -0.1) is 0 Å². The Morgan fingerprint density at radius 1 is 1.25 bits per heavy atom. The molecule has 1 fully saturated rings. The van der Waals surface area contributed by atoms with Crippen LogP contribution in [0.4, 0.5) is 4.39 Å². The van der Waals surface area contributed by atoms with Crippen molar-refractivity contribution >= 4 is 0 Å². The van der Waals surface area contributed by atoms with E-state index in [0.717, 1.165) is 36.3 Å². The van der Waals surface area contributed by atoms with Gasteiger partial charge in [0, 0.05) is 31.2 Å². The van der Waals surface area contributed by atoms with Crippen molar-refractivity contribution < 1.29 is 4.39 Å². The zero-order valence-corrected chi connectivity index (χ0v) is 13.2. The molecule has 0 saturated carbocycles. The van der Waals surface area contributed by atoms with Gasteiger partial charge in [-0.3, -0.25) is 4.90 Å². The molecule has 1 aliphatic rings. The van der Waals surface area contributed by atoms with Crippen LogP contribution >= 0.6 is 0 Å². The van der Waals surface area contributed by atoms with E-state index in [4.69, 9.17) is 0 Å². The molecular weight excluding hydrogens is 253 g/mol. The van der Waals surface area contributed by atoms with Crippen molar-refractivity contribution in [3.05, 3.63) is 34.6 Å². The molecule has 0 spiro atoms. The Balaban J connectivity index is 2.37. The zero-order valence-electron chi connectivity index (χ0n) is 13.2. The first-order chi connectivity index (χ1) is 9.43. The van der Waals surface area contributed by atoms with Crippen LogP contribution in [0.25, 0.3) is 0 Å². The molecule has 0 radical (unpaired) electrons. The van der Waals surface area contributed by atoms with Crippen molar-refractivity contribution in [1.82, 2.24) is 15.1 Å². The van der Waals surface area contributed by atoms with E-state index in [0.29, 0.717) is 0 Å². The lowest BCUT2D eigenvalue weighted by Gasteiger charge is -2.42. The van der Waals surface area contributed by atoms with Crippen LogP contribution in [0.1, 0.15) is 22.7 Å². The van der Waals surface area contributed by atoms with E-state index in [2.05, 4.69) is 35.3 Å². The summed E-state index contributed by atoms with van der Waals surface area (Å²) in [7, 11) is 6.18. The van der Waals surface area contributed by atoms with Crippen molar-refractivity contribution in [3.8, 4) is 0 Å². The van der Waals surface area contributed by atoms with Gasteiger partial charge in [0.25, 0.3) is 0 Å². The molecule has 3 nitrogen and oxygen atoms in total. The molecule has 1 saturated heterocycles. The number of nitrogens with one attached hydrogen (secondary N) is 1. The molecular formula is C16H26FN3. The number of benzene rings is 1. The van der Waals surface area contributed by atoms with Gasteiger partial charge in [0.15, 0.2) is 0 Å². The summed E-state index contributed by atoms with van der Waals surface area (Å²) in [6.45, 7) is 6.98. The minimum Gasteiger partial charge on any atom is -0.312 e. The monoisotopic (exact) mass is 279 g/mol. The fourth-order valence-electron chi connectivity index (χ4n) is 3.25. The molecule has 112 valence electrons. The highest BCUT2D eigenvalue weighted by Gasteiger charge is 2.32. The van der Waals surface area contributed by atoms with E-state index in [9.17, 15) is 4.39 Å². The summed E-state index contributed by atoms with van der Waals surface area (Å²) in [6, 6.07) is 4.01. The number of halogens is 1. The Kier molecular flexibility index (Phi) is 4.78. The Morgan fingerprint density at radius 3 is 2.55 bits per heavy atom. The normalized spacial score (nSPS) is 23.0. The molecule has 1 aliphatic heterocycles. The molecule has 0 aromatic heterocycles. The van der Waals surface area contributed by atoms with Crippen LogP contribution in [0.5, 0.6) is 0 Å². The van der Waals surface area contributed by atoms with Crippen LogP contribution in [0.15, 0.2) is 12.1 Å². The van der Waals surface area contributed by atoms with E-state index in [1.807, 2.05) is 20.9 Å². The quantitative estimate of drug-likeness (QED) is 0.912. The number of piperazine rings is 1. The van der Waals surface area contributed by atoms with Crippen LogP contribution in [-0.2, 0) is 0 Å². The number of likely N-dealkylation sites (N-methyl/N-ethyl adjacent to an activating group) is 3. The molecule has 0 amide bonds. The van der Waals surface area contributed by atoms with Crippen LogP contribution in [0, 0.1) is 19.7 Å². The Morgan fingerprint density at radius 2 is 1.95 bits per heavy atom. The summed E-state index contributed by atoms with van der Waals surface area (Å²) < 4.78 is 14.5. The average molecular weight is 279 g/mol. The van der Waals surface area contributed by atoms with Gasteiger partial charge < -0.3 is 10.2 Å². The fraction of sp³-hybridized carbons (Fsp3) is 0.625. The highest BCUT2D eigenvalue weighted by Crippen LogP contribution is 2.28. The van der Waals surface area contributed by atoms with Crippen molar-refractivity contribution in [2.45, 2.75) is 25.9 Å². The van der Waals surface area contributed by atoms with Gasteiger partial charge in [-0.05, 0) is 52.2 Å². The maximum atomic E-state index is 14.5. The van der Waals surface area contributed by atoms with E-state index < -0.39 is 0 Å². The number of hydrogen-bond acceptors (Lipinski definition) is 3. The Hall–Kier alpha value is -0.970. The summed E-state index contributed by atoms with van der Waals surface area (Å²) in [6.07, 6.45) is 0. The van der Waals surface area contributed by atoms with E-state index in [1.165, 1.54) is 0 Å². The second kappa shape index (κ2) is 6.20. The van der Waals surface area contributed by atoms with Gasteiger partial charge in [-0.1, -0.05) is 6.07 Å². The molecule has 1 aromatic rings. The second-order valence-corrected chi connectivity index (χ2v) is 6.05. The number of nitrogens with zero attached hydrogens (tertiary/aromatic N) is 2. The maximum Gasteiger partial charge on any atom is 0.128 e. The summed E-state index contributed by atoms with van der Waals surface area (Å²) >= 11 is 0. The Bertz CT molecular complexity index is 452. The SMILES string of the molecule is CNC(c1c(C)cc(C)cc1F)C1CN(C)CCN1C. The minimum absolute atomic E-state index is 0.0170. The lowest BCUT2D eigenvalue weighted by Crippen LogP contribution is -2.54. The second-order valence-electron chi connectivity index (χ2n) is 6.05. The number of rotatable bonds is 3. The highest BCUT2D eigenvalue weighted by molar-refractivity contribution is 5.35. The van der Waals surface area contributed by atoms with Crippen molar-refractivity contribution in [3.63, 3.8) is 0 Å². The molecule has 4 heteroatoms. The Labute approximate surface area is 121 Å². The summed E-state index contributed by atoms with van der Waals surface area (Å²) in [4.78, 5) is 4.65. The van der Waals surface area contributed by atoms with Gasteiger partial charge in [0.1, 0.15) is 5.82 Å². The molecule has 20 heavy (non-hydrogen) atoms. The van der Waals surface area contributed by atoms with Crippen molar-refractivity contribution in [1.29, 1.82) is 0 Å². The molecule has 0 aliphatic carbocycles. The molecule has 1 N–H and O–H groups in total. The predicted octanol–water partition coefficient (Wildman–Crippen LogP) is 1.95. The molecule has 0 bridgehead atoms. The van der Waals surface area contributed by atoms with Gasteiger partial charge >= 0.3 is 0 Å². The first kappa shape index (κ1) is 15.4. The van der Waals surface area contributed by atoms with Gasteiger partial charge in [0.2, 0.25) is 0 Å². The maximum absolute atomic E-state index is 14.5. The summed E-state index contributed by atoms with van der Waals surface area (Å²) in [5.74, 6) is -0.0940. The molecule has 2 atom stereocenters. The smallest absolute Gasteiger partial charge is 0.128 e. The minimum atomic E-state index is -0.0940. The van der Waals surface area contributed by atoms with Gasteiger partial charge in [-0.2, -0.15) is 0 Å². The molecule has 1 heterocycles. The predicted molar refractivity (Wildman–Crippen MR) is 81.6 cm³/mol. The van der Waals surface area contributed by atoms with Gasteiger partial charge in [0.05, 0.1) is 6.04 Å². The third-order valence-electron chi connectivity index (χ3n) is 4.39. The van der Waals surface area contributed by atoms with Crippen LogP contribution in [0.2, 0.25) is 0 Å². The number of hydrogen-bond donors (Lipinski definition) is 1. The highest BCUT2D eigenvalue weighted by atomic mass is 19.1. The first-order valence-electron chi connectivity index (χ1n) is 7.26. The lowest BCUT2D eigenvalue weighted by molar-refractivity contribution is 0.0886. The van der Waals surface area contributed by atoms with Crippen molar-refractivity contribution in [2.24, 2.45) is 0 Å². The van der Waals surface area contributed by atoms with E-state index in [1.54, 1.807) is 6.07 Å². The summed E-state index contributed by atoms with van der Waals surface area (Å²) in [5, 5.41) is 3.33. The lowest BCUT2D eigenvalue weighted by atomic mass is 9.91. The standard InChI is InChI=1S/C16H26FN3/c1-11-8-12(2)15(13(17)9-11)16(18-3)14-10-19(4)6-7-20(14)5/h8-9,14,16,18H,6-7,10H2,1-5H3. The molecule has 1 aromatic carbocycles. The van der Waals surface area contributed by atoms with E-state index in [-0.39, 0.29) is 17.9 Å². The average Bonchev–Trinajstić information content (AvgIpc) is 2.37. The zero-order chi connectivity index (χ0) is 14.9. The van der Waals surface area contributed by atoms with Crippen LogP contribution < -0.4 is 5.32 Å². The van der Waals surface area contributed by atoms with Crippen molar-refractivity contribution in [2.75, 3.05) is 40.8 Å². The van der Waals surface area contributed by atoms with Gasteiger partial charge in [-0.25, -0.2) is 4.39 Å². The third-order valence-corrected chi connectivity index (χ3v) is 4.39. The number of aryl methyl sites for hydroxylation is 2. The van der Waals surface area contributed by atoms with Crippen LogP contribution in [-0.4, -0.2) is 56.6 Å². The van der Waals surface area contributed by atoms with Crippen LogP contribution in [0.3, 0.4) is 0 Å². The molecule has 2 unspecified atom stereocenters. The molecule has 2 rings (SSSR count). The summed E-state index contributed by atoms with van der Waals surface area (Å²) in [5.41, 5.74) is 2.82. The van der Waals surface area contributed by atoms with E-state index >= 15 is 0 Å². The largest absolute Gasteiger partial charge is 0.312 e. The fourth-order valence-corrected chi connectivity index (χ4v) is 3.25. The topological polar surface area (TPSA) is 18.5 Å². The third kappa shape index (κ3) is 3.03. The first-order valence-corrected chi connectivity index (χ1v) is 7.26.